The predicted molar refractivity (Wildman–Crippen MR) is 175 cm³/mol. The van der Waals surface area contributed by atoms with Gasteiger partial charge in [-0.2, -0.15) is 5.10 Å². The minimum Gasteiger partial charge on any atom is -0.493 e. The van der Waals surface area contributed by atoms with Gasteiger partial charge >= 0.3 is 0 Å². The second kappa shape index (κ2) is 13.2. The summed E-state index contributed by atoms with van der Waals surface area (Å²) in [6, 6.07) is 17.5. The molecule has 0 saturated carbocycles. The predicted octanol–water partition coefficient (Wildman–Crippen LogP) is 5.52. The number of allylic oxidation sites excluding steroid dienone is 1. The summed E-state index contributed by atoms with van der Waals surface area (Å²) in [6.45, 7) is 3.17. The Kier molecular flexibility index (Phi) is 9.14. The summed E-state index contributed by atoms with van der Waals surface area (Å²) in [5.41, 5.74) is 2.94. The van der Waals surface area contributed by atoms with E-state index in [9.17, 15) is 14.4 Å². The van der Waals surface area contributed by atoms with Gasteiger partial charge in [0.15, 0.2) is 22.9 Å². The molecule has 0 atom stereocenters. The monoisotopic (exact) mass is 671 g/mol. The Balaban J connectivity index is 1.29. The quantitative estimate of drug-likeness (QED) is 0.152. The van der Waals surface area contributed by atoms with E-state index < -0.39 is 5.91 Å². The van der Waals surface area contributed by atoms with E-state index in [0.717, 1.165) is 10.2 Å². The van der Waals surface area contributed by atoms with Crippen LogP contribution in [0.5, 0.6) is 17.2 Å². The van der Waals surface area contributed by atoms with Gasteiger partial charge in [0.2, 0.25) is 11.7 Å². The molecule has 0 aliphatic carbocycles. The van der Waals surface area contributed by atoms with E-state index in [2.05, 4.69) is 31.3 Å². The van der Waals surface area contributed by atoms with E-state index in [1.807, 2.05) is 24.3 Å². The standard InChI is InChI=1S/C33H30BrN5O6/c1-19-30-32(39(37-19)25-13-9-23(34)10-14-25)35-20(2)38(33(30)42)18-29(41)36-24-11-7-22(8-12-24)26(40)15-6-21-16-27(43-3)31(45-5)28(17-21)44-4/h6-17H,18H2,1-5H3,(H,36,41)/b15-6+. The van der Waals surface area contributed by atoms with E-state index in [1.165, 1.54) is 32.0 Å². The Bertz CT molecular complexity index is 1970. The molecule has 1 amide bonds. The van der Waals surface area contributed by atoms with Crippen molar-refractivity contribution in [1.82, 2.24) is 19.3 Å². The molecule has 0 unspecified atom stereocenters. The molecule has 0 fully saturated rings. The smallest absolute Gasteiger partial charge is 0.265 e. The van der Waals surface area contributed by atoms with Crippen LogP contribution in [0.3, 0.4) is 0 Å². The lowest BCUT2D eigenvalue weighted by atomic mass is 10.1. The first-order valence-electron chi connectivity index (χ1n) is 13.8. The molecular formula is C33H30BrN5O6. The van der Waals surface area contributed by atoms with E-state index in [-0.39, 0.29) is 17.9 Å². The average Bonchev–Trinajstić information content (AvgIpc) is 3.37. The van der Waals surface area contributed by atoms with Gasteiger partial charge < -0.3 is 19.5 Å². The molecule has 0 saturated heterocycles. The zero-order chi connectivity index (χ0) is 32.2. The van der Waals surface area contributed by atoms with Crippen molar-refractivity contribution in [3.8, 4) is 22.9 Å². The fraction of sp³-hybridized carbons (Fsp3) is 0.182. The molecule has 0 bridgehead atoms. The number of methoxy groups -OCH3 is 3. The number of carbonyl (C=O) groups excluding carboxylic acids is 2. The number of amides is 1. The Morgan fingerprint density at radius 1 is 0.933 bits per heavy atom. The number of anilines is 1. The molecule has 2 aromatic heterocycles. The van der Waals surface area contributed by atoms with Crippen molar-refractivity contribution in [2.24, 2.45) is 0 Å². The molecule has 1 N–H and O–H groups in total. The normalized spacial score (nSPS) is 11.2. The molecule has 0 radical (unpaired) electrons. The third kappa shape index (κ3) is 6.50. The molecule has 45 heavy (non-hydrogen) atoms. The van der Waals surface area contributed by atoms with Crippen molar-refractivity contribution in [1.29, 1.82) is 0 Å². The van der Waals surface area contributed by atoms with Crippen LogP contribution in [-0.2, 0) is 11.3 Å². The highest BCUT2D eigenvalue weighted by Crippen LogP contribution is 2.38. The Hall–Kier alpha value is -5.23. The van der Waals surface area contributed by atoms with Crippen LogP contribution in [0.1, 0.15) is 27.4 Å². The topological polar surface area (TPSA) is 127 Å². The fourth-order valence-corrected chi connectivity index (χ4v) is 5.10. The average molecular weight is 673 g/mol. The molecule has 3 aromatic carbocycles. The number of ether oxygens (including phenoxy) is 3. The number of rotatable bonds is 10. The van der Waals surface area contributed by atoms with Crippen molar-refractivity contribution < 1.29 is 23.8 Å². The summed E-state index contributed by atoms with van der Waals surface area (Å²) >= 11 is 3.42. The molecule has 12 heteroatoms. The minimum absolute atomic E-state index is 0.234. The number of fused-ring (bicyclic) bond motifs is 1. The Morgan fingerprint density at radius 3 is 2.18 bits per heavy atom. The summed E-state index contributed by atoms with van der Waals surface area (Å²) in [6.07, 6.45) is 3.09. The Morgan fingerprint density at radius 2 is 1.58 bits per heavy atom. The van der Waals surface area contributed by atoms with Gasteiger partial charge in [0.05, 0.1) is 32.7 Å². The van der Waals surface area contributed by atoms with Gasteiger partial charge in [-0.15, -0.1) is 0 Å². The number of hydrogen-bond donors (Lipinski definition) is 1. The highest BCUT2D eigenvalue weighted by Gasteiger charge is 2.19. The zero-order valence-corrected chi connectivity index (χ0v) is 26.8. The maximum absolute atomic E-state index is 13.5. The number of nitrogens with zero attached hydrogens (tertiary/aromatic N) is 4. The van der Waals surface area contributed by atoms with E-state index >= 15 is 0 Å². The minimum atomic E-state index is -0.416. The molecular weight excluding hydrogens is 642 g/mol. The van der Waals surface area contributed by atoms with Gasteiger partial charge in [-0.05, 0) is 86.2 Å². The van der Waals surface area contributed by atoms with Gasteiger partial charge in [-0.1, -0.05) is 22.0 Å². The van der Waals surface area contributed by atoms with Crippen molar-refractivity contribution in [2.45, 2.75) is 20.4 Å². The van der Waals surface area contributed by atoms with E-state index in [4.69, 9.17) is 14.2 Å². The summed E-state index contributed by atoms with van der Waals surface area (Å²) < 4.78 is 19.9. The van der Waals surface area contributed by atoms with Crippen LogP contribution in [0.2, 0.25) is 0 Å². The third-order valence-corrected chi connectivity index (χ3v) is 7.62. The van der Waals surface area contributed by atoms with Gasteiger partial charge in [0.1, 0.15) is 17.8 Å². The van der Waals surface area contributed by atoms with Crippen LogP contribution >= 0.6 is 15.9 Å². The second-order valence-corrected chi connectivity index (χ2v) is 10.9. The van der Waals surface area contributed by atoms with Crippen LogP contribution in [0.4, 0.5) is 5.69 Å². The molecule has 0 aliphatic rings. The number of carbonyl (C=O) groups is 2. The first-order chi connectivity index (χ1) is 21.6. The molecule has 0 spiro atoms. The summed E-state index contributed by atoms with van der Waals surface area (Å²) in [4.78, 5) is 43.9. The van der Waals surface area contributed by atoms with Gasteiger partial charge in [0.25, 0.3) is 5.56 Å². The van der Waals surface area contributed by atoms with Gasteiger partial charge in [-0.25, -0.2) is 9.67 Å². The fourth-order valence-electron chi connectivity index (χ4n) is 4.84. The highest BCUT2D eigenvalue weighted by molar-refractivity contribution is 9.10. The number of aromatic nitrogens is 4. The van der Waals surface area contributed by atoms with Crippen LogP contribution in [-0.4, -0.2) is 52.4 Å². The zero-order valence-electron chi connectivity index (χ0n) is 25.3. The lowest BCUT2D eigenvalue weighted by Crippen LogP contribution is -2.30. The first-order valence-corrected chi connectivity index (χ1v) is 14.6. The third-order valence-electron chi connectivity index (χ3n) is 7.09. The molecule has 0 aliphatic heterocycles. The molecule has 11 nitrogen and oxygen atoms in total. The Labute approximate surface area is 267 Å². The van der Waals surface area contributed by atoms with Crippen LogP contribution in [0.25, 0.3) is 22.8 Å². The van der Waals surface area contributed by atoms with Crippen LogP contribution < -0.4 is 25.1 Å². The van der Waals surface area contributed by atoms with Gasteiger partial charge in [0, 0.05) is 15.7 Å². The summed E-state index contributed by atoms with van der Waals surface area (Å²) in [7, 11) is 4.56. The lowest BCUT2D eigenvalue weighted by molar-refractivity contribution is -0.116. The van der Waals surface area contributed by atoms with Crippen molar-refractivity contribution in [2.75, 3.05) is 26.6 Å². The second-order valence-electron chi connectivity index (χ2n) is 10.0. The summed E-state index contributed by atoms with van der Waals surface area (Å²) in [5, 5.41) is 7.66. The number of benzene rings is 3. The SMILES string of the molecule is COc1cc(/C=C/C(=O)c2ccc(NC(=O)Cn3c(C)nc4c(c(C)nn4-c4ccc(Br)cc4)c3=O)cc2)cc(OC)c1OC. The summed E-state index contributed by atoms with van der Waals surface area (Å²) in [5.74, 6) is 1.14. The van der Waals surface area contributed by atoms with E-state index in [0.29, 0.717) is 56.6 Å². The molecule has 5 aromatic rings. The number of halogens is 1. The van der Waals surface area contributed by atoms with Crippen molar-refractivity contribution >= 4 is 50.4 Å². The largest absolute Gasteiger partial charge is 0.493 e. The van der Waals surface area contributed by atoms with Crippen molar-refractivity contribution in [3.05, 3.63) is 104 Å². The maximum atomic E-state index is 13.5. The van der Waals surface area contributed by atoms with Crippen molar-refractivity contribution in [3.63, 3.8) is 0 Å². The molecule has 230 valence electrons. The number of aryl methyl sites for hydroxylation is 2. The highest BCUT2D eigenvalue weighted by atomic mass is 79.9. The van der Waals surface area contributed by atoms with Crippen LogP contribution in [0, 0.1) is 13.8 Å². The number of ketones is 1. The van der Waals surface area contributed by atoms with E-state index in [1.54, 1.807) is 61.0 Å². The maximum Gasteiger partial charge on any atom is 0.265 e. The molecule has 5 rings (SSSR count). The van der Waals surface area contributed by atoms with Crippen LogP contribution in [0.15, 0.2) is 76.0 Å². The number of nitrogens with one attached hydrogen (secondary N) is 1. The lowest BCUT2D eigenvalue weighted by Gasteiger charge is -2.12. The molecule has 2 heterocycles. The number of hydrogen-bond acceptors (Lipinski definition) is 8. The first kappa shape index (κ1) is 31.2. The van der Waals surface area contributed by atoms with Gasteiger partial charge in [-0.3, -0.25) is 19.0 Å².